The van der Waals surface area contributed by atoms with Crippen molar-refractivity contribution in [2.75, 3.05) is 10.6 Å². The lowest BCUT2D eigenvalue weighted by molar-refractivity contribution is -0.274. The number of rotatable bonds is 5. The van der Waals surface area contributed by atoms with Crippen LogP contribution in [0, 0.1) is 13.8 Å². The summed E-state index contributed by atoms with van der Waals surface area (Å²) in [5.41, 5.74) is 2.65. The summed E-state index contributed by atoms with van der Waals surface area (Å²) >= 11 is 1.41. The largest absolute Gasteiger partial charge is 0.573 e. The normalized spacial score (nSPS) is 11.1. The molecule has 2 aromatic carbocycles. The second-order valence-electron chi connectivity index (χ2n) is 6.21. The van der Waals surface area contributed by atoms with E-state index in [0.717, 1.165) is 28.4 Å². The maximum absolute atomic E-state index is 12.2. The van der Waals surface area contributed by atoms with Crippen LogP contribution >= 0.6 is 11.8 Å². The Hall–Kier alpha value is -3.27. The van der Waals surface area contributed by atoms with E-state index in [4.69, 9.17) is 0 Å². The summed E-state index contributed by atoms with van der Waals surface area (Å²) in [6.07, 6.45) is -4.76. The number of benzene rings is 2. The highest BCUT2D eigenvalue weighted by molar-refractivity contribution is 7.99. The van der Waals surface area contributed by atoms with Crippen molar-refractivity contribution in [3.05, 3.63) is 66.0 Å². The number of halogens is 3. The van der Waals surface area contributed by atoms with E-state index in [-0.39, 0.29) is 5.75 Å². The lowest BCUT2D eigenvalue weighted by Gasteiger charge is -2.11. The topological polar surface area (TPSA) is 76.1 Å². The van der Waals surface area contributed by atoms with E-state index >= 15 is 0 Å². The third-order valence-electron chi connectivity index (χ3n) is 3.63. The molecule has 1 heterocycles. The molecule has 10 heteroatoms. The van der Waals surface area contributed by atoms with Crippen molar-refractivity contribution in [3.8, 4) is 5.75 Å². The summed E-state index contributed by atoms with van der Waals surface area (Å²) in [6, 6.07) is 13.3. The van der Waals surface area contributed by atoms with Crippen molar-refractivity contribution in [1.29, 1.82) is 0 Å². The second kappa shape index (κ2) is 9.04. The summed E-state index contributed by atoms with van der Waals surface area (Å²) in [6.45, 7) is 3.81. The Morgan fingerprint density at radius 1 is 0.900 bits per heavy atom. The fourth-order valence-electron chi connectivity index (χ4n) is 2.48. The predicted octanol–water partition coefficient (Wildman–Crippen LogP) is 5.79. The van der Waals surface area contributed by atoms with Crippen molar-refractivity contribution in [2.45, 2.75) is 30.3 Å². The number of aromatic nitrogens is 2. The van der Waals surface area contributed by atoms with Crippen LogP contribution in [0.25, 0.3) is 0 Å². The lowest BCUT2D eigenvalue weighted by Crippen LogP contribution is -2.19. The minimum atomic E-state index is -4.76. The average molecular weight is 434 g/mol. The first-order valence-electron chi connectivity index (χ1n) is 8.70. The lowest BCUT2D eigenvalue weighted by atomic mass is 10.3. The zero-order valence-electron chi connectivity index (χ0n) is 15.9. The zero-order chi connectivity index (χ0) is 21.7. The highest BCUT2D eigenvalue weighted by Gasteiger charge is 2.30. The zero-order valence-corrected chi connectivity index (χ0v) is 16.8. The van der Waals surface area contributed by atoms with Gasteiger partial charge in [-0.05, 0) is 80.2 Å². The van der Waals surface area contributed by atoms with Crippen molar-refractivity contribution < 1.29 is 22.7 Å². The van der Waals surface area contributed by atoms with Crippen LogP contribution in [0.15, 0.2) is 64.6 Å². The number of alkyl halides is 3. The van der Waals surface area contributed by atoms with Gasteiger partial charge in [0.25, 0.3) is 0 Å². The predicted molar refractivity (Wildman–Crippen MR) is 108 cm³/mol. The van der Waals surface area contributed by atoms with Crippen LogP contribution < -0.4 is 15.4 Å². The number of anilines is 2. The molecule has 6 nitrogen and oxygen atoms in total. The minimum Gasteiger partial charge on any atom is -0.406 e. The summed E-state index contributed by atoms with van der Waals surface area (Å²) in [5, 5.41) is 5.83. The van der Waals surface area contributed by atoms with Crippen molar-refractivity contribution >= 4 is 29.2 Å². The highest BCUT2D eigenvalue weighted by Crippen LogP contribution is 2.27. The summed E-state index contributed by atoms with van der Waals surface area (Å²) in [4.78, 5) is 21.7. The van der Waals surface area contributed by atoms with Gasteiger partial charge in [0.2, 0.25) is 0 Å². The number of amides is 2. The van der Waals surface area contributed by atoms with Crippen molar-refractivity contribution in [3.63, 3.8) is 0 Å². The molecule has 0 aliphatic heterocycles. The number of nitrogens with one attached hydrogen (secondary N) is 2. The Kier molecular flexibility index (Phi) is 6.46. The molecule has 0 atom stereocenters. The molecule has 2 N–H and O–H groups in total. The number of aryl methyl sites for hydroxylation is 2. The maximum atomic E-state index is 12.2. The van der Waals surface area contributed by atoms with E-state index < -0.39 is 12.4 Å². The van der Waals surface area contributed by atoms with Gasteiger partial charge in [-0.3, -0.25) is 0 Å². The Morgan fingerprint density at radius 2 is 1.40 bits per heavy atom. The number of carbonyl (C=O) groups is 1. The van der Waals surface area contributed by atoms with Crippen molar-refractivity contribution in [1.82, 2.24) is 9.97 Å². The first-order chi connectivity index (χ1) is 14.2. The number of hydrogen-bond acceptors (Lipinski definition) is 5. The van der Waals surface area contributed by atoms with Crippen LogP contribution in [0.3, 0.4) is 0 Å². The van der Waals surface area contributed by atoms with E-state index in [2.05, 4.69) is 25.3 Å². The maximum Gasteiger partial charge on any atom is 0.573 e. The second-order valence-corrected chi connectivity index (χ2v) is 7.25. The van der Waals surface area contributed by atoms with E-state index in [9.17, 15) is 18.0 Å². The Morgan fingerprint density at radius 3 is 1.90 bits per heavy atom. The standard InChI is InChI=1S/C20H17F3N4O2S/c1-12-11-13(2)25-19(24-12)30-17-9-5-15(6-10-17)27-18(28)26-14-3-7-16(8-4-14)29-20(21,22)23/h3-11H,1-2H3,(H2,26,27,28). The van der Waals surface area contributed by atoms with Gasteiger partial charge in [0.15, 0.2) is 5.16 Å². The fourth-order valence-corrected chi connectivity index (χ4v) is 3.35. The average Bonchev–Trinajstić information content (AvgIpc) is 2.63. The Balaban J connectivity index is 1.55. The third kappa shape index (κ3) is 6.66. The summed E-state index contributed by atoms with van der Waals surface area (Å²) in [7, 11) is 0. The van der Waals surface area contributed by atoms with Gasteiger partial charge < -0.3 is 15.4 Å². The quantitative estimate of drug-likeness (QED) is 0.498. The smallest absolute Gasteiger partial charge is 0.406 e. The SMILES string of the molecule is Cc1cc(C)nc(Sc2ccc(NC(=O)Nc3ccc(OC(F)(F)F)cc3)cc2)n1. The monoisotopic (exact) mass is 434 g/mol. The van der Waals surface area contributed by atoms with Crippen LogP contribution in [-0.2, 0) is 0 Å². The van der Waals surface area contributed by atoms with E-state index in [1.165, 1.54) is 23.9 Å². The van der Waals surface area contributed by atoms with Crippen LogP contribution in [0.2, 0.25) is 0 Å². The van der Waals surface area contributed by atoms with Crippen molar-refractivity contribution in [2.24, 2.45) is 0 Å². The summed E-state index contributed by atoms with van der Waals surface area (Å²) in [5.74, 6) is -0.366. The van der Waals surface area contributed by atoms with Gasteiger partial charge in [-0.2, -0.15) is 0 Å². The number of hydrogen-bond donors (Lipinski definition) is 2. The van der Waals surface area contributed by atoms with Gasteiger partial charge in [0.1, 0.15) is 5.75 Å². The molecule has 3 rings (SSSR count). The molecule has 0 aliphatic carbocycles. The minimum absolute atomic E-state index is 0.321. The first kappa shape index (κ1) is 21.4. The molecule has 30 heavy (non-hydrogen) atoms. The molecule has 0 radical (unpaired) electrons. The molecule has 0 spiro atoms. The third-order valence-corrected chi connectivity index (χ3v) is 4.50. The van der Waals surface area contributed by atoms with E-state index in [0.29, 0.717) is 16.5 Å². The number of nitrogens with zero attached hydrogens (tertiary/aromatic N) is 2. The molecule has 156 valence electrons. The van der Waals surface area contributed by atoms with Crippen LogP contribution in [0.4, 0.5) is 29.3 Å². The van der Waals surface area contributed by atoms with Crippen LogP contribution in [0.5, 0.6) is 5.75 Å². The van der Waals surface area contributed by atoms with Crippen LogP contribution in [-0.4, -0.2) is 22.4 Å². The molecule has 2 amide bonds. The molecule has 0 saturated heterocycles. The Labute approximate surface area is 174 Å². The first-order valence-corrected chi connectivity index (χ1v) is 9.52. The highest BCUT2D eigenvalue weighted by atomic mass is 32.2. The molecule has 0 unspecified atom stereocenters. The molecule has 0 fully saturated rings. The number of carbonyl (C=O) groups excluding carboxylic acids is 1. The van der Waals surface area contributed by atoms with E-state index in [1.54, 1.807) is 12.1 Å². The molecule has 0 aliphatic rings. The molecule has 0 saturated carbocycles. The Bertz CT molecular complexity index is 1010. The molecular weight excluding hydrogens is 417 g/mol. The van der Waals surface area contributed by atoms with Gasteiger partial charge >= 0.3 is 12.4 Å². The molecule has 0 bridgehead atoms. The van der Waals surface area contributed by atoms with Crippen LogP contribution in [0.1, 0.15) is 11.4 Å². The van der Waals surface area contributed by atoms with Gasteiger partial charge in [0, 0.05) is 27.7 Å². The van der Waals surface area contributed by atoms with Gasteiger partial charge in [-0.1, -0.05) is 0 Å². The fraction of sp³-hybridized carbons (Fsp3) is 0.150. The number of ether oxygens (including phenoxy) is 1. The molecular formula is C20H17F3N4O2S. The van der Waals surface area contributed by atoms with Gasteiger partial charge in [-0.25, -0.2) is 14.8 Å². The molecule has 3 aromatic rings. The summed E-state index contributed by atoms with van der Waals surface area (Å²) < 4.78 is 40.3. The van der Waals surface area contributed by atoms with Gasteiger partial charge in [0.05, 0.1) is 0 Å². The number of urea groups is 1. The van der Waals surface area contributed by atoms with Gasteiger partial charge in [-0.15, -0.1) is 13.2 Å². The molecule has 1 aromatic heterocycles. The van der Waals surface area contributed by atoms with E-state index in [1.807, 2.05) is 32.0 Å².